The van der Waals surface area contributed by atoms with Crippen LogP contribution in [-0.4, -0.2) is 8.07 Å². The minimum atomic E-state index is -1.07. The smallest absolute Gasteiger partial charge is 1.00 e. The molecule has 0 bridgehead atoms. The maximum atomic E-state index is 2.47. The van der Waals surface area contributed by atoms with E-state index in [0.717, 1.165) is 0 Å². The number of rotatable bonds is 3. The molecule has 0 unspecified atom stereocenters. The van der Waals surface area contributed by atoms with Gasteiger partial charge in [0, 0.05) is 0 Å². The van der Waals surface area contributed by atoms with Crippen molar-refractivity contribution in [2.24, 2.45) is 0 Å². The van der Waals surface area contributed by atoms with Crippen LogP contribution in [0.2, 0.25) is 19.6 Å². The largest absolute Gasteiger partial charge is 1.00 e. The van der Waals surface area contributed by atoms with E-state index in [4.69, 9.17) is 0 Å². The fraction of sp³-hybridized carbons (Fsp3) is 0.385. The topological polar surface area (TPSA) is 0 Å². The van der Waals surface area contributed by atoms with Gasteiger partial charge in [-0.2, -0.15) is 0 Å². The summed E-state index contributed by atoms with van der Waals surface area (Å²) in [5.41, 5.74) is 0. The summed E-state index contributed by atoms with van der Waals surface area (Å²) < 4.78 is 3.61. The third-order valence-corrected chi connectivity index (χ3v) is 9.13. The van der Waals surface area contributed by atoms with Crippen molar-refractivity contribution in [3.63, 3.8) is 0 Å². The second-order valence-corrected chi connectivity index (χ2v) is 13.9. The van der Waals surface area contributed by atoms with Gasteiger partial charge in [0.25, 0.3) is 0 Å². The second-order valence-electron chi connectivity index (χ2n) is 5.20. The Hall–Kier alpha value is 0.0600. The summed E-state index contributed by atoms with van der Waals surface area (Å²) in [6.07, 6.45) is 14.2. The molecule has 0 nitrogen and oxygen atoms in total. The van der Waals surface area contributed by atoms with Crippen molar-refractivity contribution in [3.05, 3.63) is 42.1 Å². The molecule has 0 aromatic heterocycles. The molecule has 2 rings (SSSR count). The first-order chi connectivity index (χ1) is 7.07. The Labute approximate surface area is 108 Å². The van der Waals surface area contributed by atoms with Gasteiger partial charge in [0.05, 0.1) is 0 Å². The summed E-state index contributed by atoms with van der Waals surface area (Å²) in [6.45, 7) is 7.41. The van der Waals surface area contributed by atoms with E-state index in [1.54, 1.807) is 8.48 Å². The van der Waals surface area contributed by atoms with Crippen LogP contribution in [0.4, 0.5) is 0 Å². The fourth-order valence-corrected chi connectivity index (χ4v) is 9.83. The van der Waals surface area contributed by atoms with Crippen molar-refractivity contribution < 1.29 is 26.1 Å². The Kier molecular flexibility index (Phi) is 3.47. The molecule has 15 heavy (non-hydrogen) atoms. The molecule has 0 saturated carbocycles. The number of hydrogen-bond donors (Lipinski definition) is 0. The molecule has 0 aromatic carbocycles. The molecule has 2 aliphatic carbocycles. The molecule has 0 radical (unpaired) electrons. The Morgan fingerprint density at radius 3 is 2.60 bits per heavy atom. The molecule has 0 aromatic rings. The van der Waals surface area contributed by atoms with Crippen LogP contribution in [0.5, 0.6) is 0 Å². The Balaban J connectivity index is 0.00000128. The van der Waals surface area contributed by atoms with E-state index in [2.05, 4.69) is 50.0 Å². The predicted octanol–water partition coefficient (Wildman–Crippen LogP) is 4.23. The minimum absolute atomic E-state index is 0. The van der Waals surface area contributed by atoms with Crippen molar-refractivity contribution in [1.29, 1.82) is 0 Å². The van der Waals surface area contributed by atoms with E-state index in [9.17, 15) is 0 Å². The van der Waals surface area contributed by atoms with E-state index in [-0.39, 0.29) is 2.85 Å². The van der Waals surface area contributed by atoms with Gasteiger partial charge in [-0.05, 0) is 0 Å². The van der Waals surface area contributed by atoms with Gasteiger partial charge in [-0.25, -0.2) is 0 Å². The van der Waals surface area contributed by atoms with Crippen molar-refractivity contribution in [2.45, 2.75) is 32.5 Å². The summed E-state index contributed by atoms with van der Waals surface area (Å²) in [6, 6.07) is 0. The predicted molar refractivity (Wildman–Crippen MR) is 68.2 cm³/mol. The molecule has 0 aliphatic heterocycles. The molecular formula is C13H20SiZr. The summed E-state index contributed by atoms with van der Waals surface area (Å²) >= 11 is -0.408. The van der Waals surface area contributed by atoms with E-state index >= 15 is 0 Å². The fourth-order valence-electron chi connectivity index (χ4n) is 2.06. The Bertz CT molecular complexity index is 387. The number of allylic oxidation sites excluding steroid dienone is 8. The average Bonchev–Trinajstić information content (AvgIpc) is 2.73. The van der Waals surface area contributed by atoms with Gasteiger partial charge in [-0.1, -0.05) is 0 Å². The SMILES string of the molecule is C[Si](C)(C)C1=[C]([Zr+2][C]2=CC=CC2)CC=C1.[H-].[H-]. The van der Waals surface area contributed by atoms with E-state index in [1.807, 2.05) is 3.28 Å². The molecule has 80 valence electrons. The van der Waals surface area contributed by atoms with Crippen molar-refractivity contribution in [1.82, 2.24) is 0 Å². The van der Waals surface area contributed by atoms with Crippen LogP contribution in [0, 0.1) is 0 Å². The molecule has 0 saturated heterocycles. The monoisotopic (exact) mass is 294 g/mol. The van der Waals surface area contributed by atoms with Crippen LogP contribution >= 0.6 is 0 Å². The zero-order valence-electron chi connectivity index (χ0n) is 11.8. The van der Waals surface area contributed by atoms with Crippen LogP contribution in [-0.2, 0) is 23.2 Å². The van der Waals surface area contributed by atoms with Gasteiger partial charge < -0.3 is 2.85 Å². The van der Waals surface area contributed by atoms with Crippen LogP contribution in [0.1, 0.15) is 15.7 Å². The maximum Gasteiger partial charge on any atom is -1.00 e. The summed E-state index contributed by atoms with van der Waals surface area (Å²) in [7, 11) is -1.07. The van der Waals surface area contributed by atoms with Gasteiger partial charge in [-0.3, -0.25) is 0 Å². The zero-order valence-corrected chi connectivity index (χ0v) is 13.3. The third-order valence-electron chi connectivity index (χ3n) is 2.82. The zero-order chi connectivity index (χ0) is 10.9. The molecule has 0 spiro atoms. The van der Waals surface area contributed by atoms with Gasteiger partial charge in [0.1, 0.15) is 0 Å². The maximum absolute atomic E-state index is 2.47. The van der Waals surface area contributed by atoms with Gasteiger partial charge in [0.2, 0.25) is 0 Å². The quantitative estimate of drug-likeness (QED) is 0.684. The molecule has 0 amide bonds. The summed E-state index contributed by atoms with van der Waals surface area (Å²) in [4.78, 5) is 0. The van der Waals surface area contributed by atoms with Gasteiger partial charge in [-0.15, -0.1) is 0 Å². The molecule has 0 N–H and O–H groups in total. The Morgan fingerprint density at radius 2 is 2.00 bits per heavy atom. The summed E-state index contributed by atoms with van der Waals surface area (Å²) in [5, 5.41) is 1.77. The normalized spacial score (nSPS) is 19.8. The summed E-state index contributed by atoms with van der Waals surface area (Å²) in [5.74, 6) is 0. The number of hydrogen-bond acceptors (Lipinski definition) is 0. The average molecular weight is 296 g/mol. The van der Waals surface area contributed by atoms with E-state index < -0.39 is 31.3 Å². The molecule has 0 fully saturated rings. The van der Waals surface area contributed by atoms with Crippen LogP contribution in [0.15, 0.2) is 42.1 Å². The van der Waals surface area contributed by atoms with E-state index in [1.165, 1.54) is 12.8 Å². The van der Waals surface area contributed by atoms with Crippen molar-refractivity contribution >= 4 is 8.07 Å². The first kappa shape index (κ1) is 11.5. The molecular weight excluding hydrogens is 275 g/mol. The second kappa shape index (κ2) is 4.51. The molecule has 0 atom stereocenters. The van der Waals surface area contributed by atoms with Crippen molar-refractivity contribution in [2.75, 3.05) is 0 Å². The first-order valence-electron chi connectivity index (χ1n) is 5.60. The van der Waals surface area contributed by atoms with Gasteiger partial charge >= 0.3 is 106 Å². The third kappa shape index (κ3) is 2.79. The van der Waals surface area contributed by atoms with Crippen LogP contribution < -0.4 is 0 Å². The van der Waals surface area contributed by atoms with Crippen LogP contribution in [0.3, 0.4) is 0 Å². The van der Waals surface area contributed by atoms with Gasteiger partial charge in [0.15, 0.2) is 0 Å². The van der Waals surface area contributed by atoms with E-state index in [0.29, 0.717) is 0 Å². The molecule has 2 heteroatoms. The first-order valence-corrected chi connectivity index (χ1v) is 11.6. The standard InChI is InChI=1S/C8H13Si.C5H5.Zr.2H/c1-9(2,3)8-6-4-5-7-8;1-2-4-5-3-1;;;/h4,6H,5H2,1-3H3;1-3H,4H2;;;/q;;+2;2*-1. The van der Waals surface area contributed by atoms with Crippen LogP contribution in [0.25, 0.3) is 0 Å². The Morgan fingerprint density at radius 1 is 1.20 bits per heavy atom. The van der Waals surface area contributed by atoms with Crippen molar-refractivity contribution in [3.8, 4) is 0 Å². The molecule has 0 heterocycles. The molecule has 2 aliphatic rings. The minimum Gasteiger partial charge on any atom is -1.00 e.